The van der Waals surface area contributed by atoms with Crippen molar-refractivity contribution in [2.45, 2.75) is 13.8 Å². The molecule has 8 heavy (non-hydrogen) atoms. The first-order chi connectivity index (χ1) is 4.20. The van der Waals surface area contributed by atoms with Crippen LogP contribution in [0, 0.1) is 13.8 Å². The summed E-state index contributed by atoms with van der Waals surface area (Å²) >= 11 is 0. The van der Waals surface area contributed by atoms with Crippen LogP contribution in [0.4, 0.5) is 0 Å². The second-order valence-corrected chi connectivity index (χ2v) is 1.71. The average Bonchev–Trinajstić information content (AvgIpc) is 1.80. The van der Waals surface area contributed by atoms with Gasteiger partial charge in [-0.25, -0.2) is 9.97 Å². The third-order valence-electron chi connectivity index (χ3n) is 0.839. The number of nitrogens with zero attached hydrogens (tertiary/aromatic N) is 2. The molecule has 0 aliphatic carbocycles. The van der Waals surface area contributed by atoms with Gasteiger partial charge in [-0.15, -0.1) is 0 Å². The van der Waals surface area contributed by atoms with Gasteiger partial charge in [0, 0.05) is 12.4 Å². The summed E-state index contributed by atoms with van der Waals surface area (Å²) in [6.07, 6.45) is 1.98. The van der Waals surface area contributed by atoms with E-state index in [1.165, 1.54) is 0 Å². The van der Waals surface area contributed by atoms with Crippen molar-refractivity contribution in [1.82, 2.24) is 9.97 Å². The van der Waals surface area contributed by atoms with Crippen LogP contribution >= 0.6 is 0 Å². The Labute approximate surface area is 50.0 Å². The van der Waals surface area contributed by atoms with E-state index >= 15 is 0 Å². The van der Waals surface area contributed by atoms with Crippen molar-refractivity contribution in [2.75, 3.05) is 0 Å². The maximum Gasteiger partial charge on any atom is 0.125 e. The largest absolute Gasteiger partial charge is 0.241 e. The second kappa shape index (κ2) is 1.90. The molecule has 1 rings (SSSR count). The topological polar surface area (TPSA) is 25.8 Å². The molecule has 0 aromatic carbocycles. The number of aromatic nitrogens is 2. The first kappa shape index (κ1) is 4.01. The van der Waals surface area contributed by atoms with Crippen molar-refractivity contribution in [3.8, 4) is 0 Å². The van der Waals surface area contributed by atoms with E-state index < -0.39 is 0 Å². The third kappa shape index (κ3) is 1.03. The molecule has 0 saturated carbocycles. The Kier molecular flexibility index (Phi) is 0.954. The van der Waals surface area contributed by atoms with Crippen LogP contribution in [0.1, 0.15) is 12.8 Å². The zero-order chi connectivity index (χ0) is 6.85. The molecular formula is C6H8N2. The Morgan fingerprint density at radius 1 is 1.50 bits per heavy atom. The van der Waals surface area contributed by atoms with Crippen LogP contribution in [-0.4, -0.2) is 9.97 Å². The number of aryl methyl sites for hydroxylation is 2. The zero-order valence-electron chi connectivity index (χ0n) is 5.97. The van der Waals surface area contributed by atoms with Gasteiger partial charge in [-0.05, 0) is 19.4 Å². The molecule has 2 nitrogen and oxygen atoms in total. The third-order valence-corrected chi connectivity index (χ3v) is 0.839. The van der Waals surface area contributed by atoms with Gasteiger partial charge in [0.1, 0.15) is 5.82 Å². The number of hydrogen-bond acceptors (Lipinski definition) is 2. The molecule has 1 heterocycles. The quantitative estimate of drug-likeness (QED) is 0.499. The van der Waals surface area contributed by atoms with Crippen LogP contribution in [0.3, 0.4) is 0 Å². The summed E-state index contributed by atoms with van der Waals surface area (Å²) in [6, 6.07) is 0. The van der Waals surface area contributed by atoms with Crippen LogP contribution in [0.5, 0.6) is 0 Å². The van der Waals surface area contributed by atoms with Crippen LogP contribution in [0.25, 0.3) is 0 Å². The summed E-state index contributed by atoms with van der Waals surface area (Å²) in [4.78, 5) is 7.74. The molecule has 0 amide bonds. The molecule has 0 radical (unpaired) electrons. The number of rotatable bonds is 0. The van der Waals surface area contributed by atoms with Crippen LogP contribution in [-0.2, 0) is 0 Å². The van der Waals surface area contributed by atoms with E-state index in [-0.39, 0.29) is 0 Å². The minimum atomic E-state index is 0.322. The molecular weight excluding hydrogens is 100 g/mol. The molecule has 42 valence electrons. The molecule has 0 fully saturated rings. The summed E-state index contributed by atoms with van der Waals surface area (Å²) in [5, 5.41) is 0. The fourth-order valence-electron chi connectivity index (χ4n) is 0.417. The van der Waals surface area contributed by atoms with Gasteiger partial charge in [-0.1, -0.05) is 0 Å². The standard InChI is InChI=1S/C6H8N2/c1-5-3-7-6(2)8-4-5/h3-4H,1-2H3/i3T. The van der Waals surface area contributed by atoms with Crippen LogP contribution in [0.15, 0.2) is 12.4 Å². The first-order valence-electron chi connectivity index (χ1n) is 2.97. The molecule has 2 heteroatoms. The van der Waals surface area contributed by atoms with Gasteiger partial charge in [0.2, 0.25) is 0 Å². The van der Waals surface area contributed by atoms with Gasteiger partial charge in [-0.2, -0.15) is 0 Å². The first-order valence-corrected chi connectivity index (χ1v) is 2.47. The van der Waals surface area contributed by atoms with Gasteiger partial charge < -0.3 is 0 Å². The SMILES string of the molecule is [3H]c1nc(C)ncc1C. The fourth-order valence-corrected chi connectivity index (χ4v) is 0.417. The average molecular weight is 110 g/mol. The van der Waals surface area contributed by atoms with E-state index in [4.69, 9.17) is 1.37 Å². The van der Waals surface area contributed by atoms with Crippen molar-refractivity contribution < 1.29 is 1.37 Å². The van der Waals surface area contributed by atoms with E-state index in [1.54, 1.807) is 13.1 Å². The smallest absolute Gasteiger partial charge is 0.125 e. The normalized spacial score (nSPS) is 11.0. The molecule has 0 aliphatic heterocycles. The Hall–Kier alpha value is -0.920. The Bertz CT molecular complexity index is 222. The minimum Gasteiger partial charge on any atom is -0.241 e. The summed E-state index contributed by atoms with van der Waals surface area (Å²) in [5.74, 6) is 0.658. The lowest BCUT2D eigenvalue weighted by molar-refractivity contribution is 1.03. The lowest BCUT2D eigenvalue weighted by Gasteiger charge is -1.88. The maximum absolute atomic E-state index is 7.21. The highest BCUT2D eigenvalue weighted by Gasteiger charge is 1.82. The Morgan fingerprint density at radius 3 is 2.75 bits per heavy atom. The molecule has 0 spiro atoms. The molecule has 0 saturated heterocycles. The summed E-state index contributed by atoms with van der Waals surface area (Å²) in [5.41, 5.74) is 0.820. The van der Waals surface area contributed by atoms with Gasteiger partial charge in [0.25, 0.3) is 0 Å². The van der Waals surface area contributed by atoms with Crippen LogP contribution < -0.4 is 0 Å². The number of hydrogen-bond donors (Lipinski definition) is 0. The molecule has 1 aromatic heterocycles. The van der Waals surface area contributed by atoms with Crippen molar-refractivity contribution in [3.05, 3.63) is 23.8 Å². The molecule has 0 unspecified atom stereocenters. The second-order valence-electron chi connectivity index (χ2n) is 1.71. The van der Waals surface area contributed by atoms with Gasteiger partial charge in [0.15, 0.2) is 0 Å². The minimum absolute atomic E-state index is 0.322. The molecule has 0 aliphatic rings. The van der Waals surface area contributed by atoms with Crippen LogP contribution in [0.2, 0.25) is 0 Å². The predicted octanol–water partition coefficient (Wildman–Crippen LogP) is 1.09. The highest BCUT2D eigenvalue weighted by Crippen LogP contribution is 1.89. The molecule has 0 bridgehead atoms. The summed E-state index contributed by atoms with van der Waals surface area (Å²) < 4.78 is 7.21. The van der Waals surface area contributed by atoms with E-state index in [0.29, 0.717) is 12.0 Å². The van der Waals surface area contributed by atoms with E-state index in [0.717, 1.165) is 5.56 Å². The van der Waals surface area contributed by atoms with Gasteiger partial charge >= 0.3 is 0 Å². The maximum atomic E-state index is 7.21. The summed E-state index contributed by atoms with van der Waals surface area (Å²) in [7, 11) is 0. The van der Waals surface area contributed by atoms with Gasteiger partial charge in [-0.3, -0.25) is 0 Å². The monoisotopic (exact) mass is 110 g/mol. The molecule has 0 N–H and O–H groups in total. The lowest BCUT2D eigenvalue weighted by atomic mass is 10.4. The zero-order valence-corrected chi connectivity index (χ0v) is 4.97. The van der Waals surface area contributed by atoms with E-state index in [1.807, 2.05) is 6.92 Å². The van der Waals surface area contributed by atoms with Crippen molar-refractivity contribution >= 4 is 0 Å². The fraction of sp³-hybridized carbons (Fsp3) is 0.333. The predicted molar refractivity (Wildman–Crippen MR) is 31.5 cm³/mol. The highest BCUT2D eigenvalue weighted by atomic mass is 14.8. The van der Waals surface area contributed by atoms with Gasteiger partial charge in [0.05, 0.1) is 1.37 Å². The van der Waals surface area contributed by atoms with E-state index in [2.05, 4.69) is 9.97 Å². The van der Waals surface area contributed by atoms with Crippen molar-refractivity contribution in [2.24, 2.45) is 0 Å². The van der Waals surface area contributed by atoms with E-state index in [9.17, 15) is 0 Å². The van der Waals surface area contributed by atoms with Crippen molar-refractivity contribution in [1.29, 1.82) is 0 Å². The van der Waals surface area contributed by atoms with Crippen molar-refractivity contribution in [3.63, 3.8) is 0 Å². The molecule has 1 aromatic rings. The Balaban J connectivity index is 3.17. The molecule has 0 atom stereocenters. The lowest BCUT2D eigenvalue weighted by Crippen LogP contribution is -1.84. The Morgan fingerprint density at radius 2 is 2.25 bits per heavy atom. The summed E-state index contributed by atoms with van der Waals surface area (Å²) in [6.45, 7) is 3.60. The highest BCUT2D eigenvalue weighted by molar-refractivity contribution is 5.00.